The van der Waals surface area contributed by atoms with E-state index in [1.165, 1.54) is 0 Å². The molecule has 4 aromatic heterocycles. The number of aromatic hydroxyl groups is 1. The van der Waals surface area contributed by atoms with Crippen LogP contribution in [0.15, 0.2) is 76.8 Å². The lowest BCUT2D eigenvalue weighted by Gasteiger charge is -2.46. The number of fused-ring (bicyclic) bond motifs is 1. The number of benzene rings is 2. The predicted molar refractivity (Wildman–Crippen MR) is 224 cm³/mol. The van der Waals surface area contributed by atoms with Crippen LogP contribution in [0.2, 0.25) is 0 Å². The van der Waals surface area contributed by atoms with Crippen LogP contribution in [-0.4, -0.2) is 97.4 Å². The Morgan fingerprint density at radius 3 is 2.55 bits per heavy atom. The van der Waals surface area contributed by atoms with Crippen molar-refractivity contribution in [2.75, 3.05) is 44.2 Å². The summed E-state index contributed by atoms with van der Waals surface area (Å²) in [6.45, 7) is 13.3. The number of hydrogen-bond acceptors (Lipinski definition) is 11. The summed E-state index contributed by atoms with van der Waals surface area (Å²) in [5, 5.41) is 27.6. The standard InChI is InChI=1S/C44H49N9O4S/c1-25(2)40(44(56)53-15-7-9-36(53)43(55)46-26(3)29-11-13-30(14-12-29)41-27(4)45-24-58-41)38-18-39(50-57-38)52-20-28(21-52)19-51-22-32(23-51)34-16-31-17-35(48-49-42(31)47-34)33-8-5-6-10-37(33)54/h5-6,8,10-14,16-18,24-26,28,32,36,40,54H,7,9,15,19-23H2,1-4H3,(H,46,55)(H,47,49)/t26-,36-,40?/m0/s1. The number of aromatic amines is 1. The van der Waals surface area contributed by atoms with Gasteiger partial charge in [-0.05, 0) is 68.0 Å². The highest BCUT2D eigenvalue weighted by molar-refractivity contribution is 7.13. The monoisotopic (exact) mass is 799 g/mol. The van der Waals surface area contributed by atoms with Gasteiger partial charge in [0.2, 0.25) is 11.8 Å². The number of rotatable bonds is 12. The number of nitrogens with zero attached hydrogens (tertiary/aromatic N) is 7. The average molecular weight is 800 g/mol. The second-order valence-electron chi connectivity index (χ2n) is 16.6. The Balaban J connectivity index is 0.766. The minimum absolute atomic E-state index is 0.0376. The van der Waals surface area contributed by atoms with Gasteiger partial charge in [0.05, 0.1) is 27.8 Å². The van der Waals surface area contributed by atoms with Crippen LogP contribution in [0, 0.1) is 18.8 Å². The zero-order chi connectivity index (χ0) is 40.1. The van der Waals surface area contributed by atoms with Gasteiger partial charge in [0.1, 0.15) is 17.7 Å². The van der Waals surface area contributed by atoms with E-state index in [9.17, 15) is 14.7 Å². The molecule has 14 heteroatoms. The number of anilines is 1. The SMILES string of the molecule is Cc1ncsc1-c1ccc([C@H](C)NC(=O)[C@@H]2CCCN2C(=O)C(c2cc(N3CC(CN4CC(c5cc6cc(-c7ccccc7O)nnc6[nH]5)C4)C3)no2)C(C)C)cc1. The van der Waals surface area contributed by atoms with Crippen LogP contribution in [-0.2, 0) is 9.59 Å². The number of carbonyl (C=O) groups excluding carboxylic acids is 2. The highest BCUT2D eigenvalue weighted by Gasteiger charge is 2.41. The van der Waals surface area contributed by atoms with Crippen molar-refractivity contribution in [3.05, 3.63) is 95.0 Å². The molecule has 3 N–H and O–H groups in total. The Kier molecular flexibility index (Phi) is 10.2. The van der Waals surface area contributed by atoms with Gasteiger partial charge in [-0.2, -0.15) is 0 Å². The van der Waals surface area contributed by atoms with Crippen LogP contribution >= 0.6 is 11.3 Å². The molecule has 0 radical (unpaired) electrons. The second-order valence-corrected chi connectivity index (χ2v) is 17.4. The topological polar surface area (TPSA) is 157 Å². The van der Waals surface area contributed by atoms with Crippen molar-refractivity contribution in [2.24, 2.45) is 11.8 Å². The molecule has 2 aromatic carbocycles. The molecule has 1 unspecified atom stereocenters. The molecule has 0 bridgehead atoms. The molecule has 13 nitrogen and oxygen atoms in total. The molecule has 3 atom stereocenters. The van der Waals surface area contributed by atoms with Gasteiger partial charge in [0.15, 0.2) is 17.2 Å². The normalized spacial score (nSPS) is 18.7. The fourth-order valence-corrected chi connectivity index (χ4v) is 9.65. The molecule has 0 saturated carbocycles. The van der Waals surface area contributed by atoms with E-state index in [1.807, 2.05) is 69.6 Å². The molecule has 3 aliphatic heterocycles. The minimum atomic E-state index is -0.530. The van der Waals surface area contributed by atoms with E-state index in [1.54, 1.807) is 28.4 Å². The van der Waals surface area contributed by atoms with Crippen molar-refractivity contribution >= 4 is 40.0 Å². The average Bonchev–Trinajstić information content (AvgIpc) is 4.01. The highest BCUT2D eigenvalue weighted by Crippen LogP contribution is 2.37. The molecule has 3 aliphatic rings. The van der Waals surface area contributed by atoms with Crippen molar-refractivity contribution in [3.63, 3.8) is 0 Å². The van der Waals surface area contributed by atoms with Crippen molar-refractivity contribution in [1.29, 1.82) is 0 Å². The summed E-state index contributed by atoms with van der Waals surface area (Å²) >= 11 is 1.62. The number of carbonyl (C=O) groups is 2. The summed E-state index contributed by atoms with van der Waals surface area (Å²) in [5.41, 5.74) is 8.22. The molecule has 3 saturated heterocycles. The number of para-hydroxylation sites is 1. The van der Waals surface area contributed by atoms with Gasteiger partial charge in [0.25, 0.3) is 0 Å². The van der Waals surface area contributed by atoms with E-state index in [0.29, 0.717) is 41.8 Å². The zero-order valence-electron chi connectivity index (χ0n) is 33.3. The summed E-state index contributed by atoms with van der Waals surface area (Å²) in [6.07, 6.45) is 1.41. The summed E-state index contributed by atoms with van der Waals surface area (Å²) in [4.78, 5) is 43.3. The summed E-state index contributed by atoms with van der Waals surface area (Å²) in [7, 11) is 0. The van der Waals surface area contributed by atoms with Crippen LogP contribution in [0.4, 0.5) is 5.82 Å². The third-order valence-corrected chi connectivity index (χ3v) is 13.1. The lowest BCUT2D eigenvalue weighted by molar-refractivity contribution is -0.141. The maximum Gasteiger partial charge on any atom is 0.243 e. The Bertz CT molecular complexity index is 2430. The van der Waals surface area contributed by atoms with E-state index in [0.717, 1.165) is 83.4 Å². The number of aromatic nitrogens is 5. The highest BCUT2D eigenvalue weighted by atomic mass is 32.1. The molecule has 0 aliphatic carbocycles. The predicted octanol–water partition coefficient (Wildman–Crippen LogP) is 6.89. The molecule has 3 fully saturated rings. The molecule has 9 rings (SSSR count). The maximum absolute atomic E-state index is 14.2. The number of hydrogen-bond donors (Lipinski definition) is 3. The van der Waals surface area contributed by atoms with Gasteiger partial charge in [-0.15, -0.1) is 21.5 Å². The fourth-order valence-electron chi connectivity index (χ4n) is 8.84. The number of thiazole rings is 1. The second kappa shape index (κ2) is 15.6. The van der Waals surface area contributed by atoms with Crippen molar-refractivity contribution in [2.45, 2.75) is 64.5 Å². The van der Waals surface area contributed by atoms with Crippen LogP contribution in [0.5, 0.6) is 5.75 Å². The number of H-pyrrole nitrogens is 1. The molecule has 300 valence electrons. The van der Waals surface area contributed by atoms with Gasteiger partial charge in [-0.3, -0.25) is 9.59 Å². The lowest BCUT2D eigenvalue weighted by Crippen LogP contribution is -2.55. The Morgan fingerprint density at radius 2 is 1.81 bits per heavy atom. The van der Waals surface area contributed by atoms with Crippen molar-refractivity contribution in [1.82, 2.24) is 40.4 Å². The van der Waals surface area contributed by atoms with E-state index in [2.05, 4.69) is 58.6 Å². The van der Waals surface area contributed by atoms with Crippen LogP contribution in [0.3, 0.4) is 0 Å². The molecule has 7 heterocycles. The van der Waals surface area contributed by atoms with Crippen molar-refractivity contribution in [3.8, 4) is 27.4 Å². The number of phenols is 1. The van der Waals surface area contributed by atoms with Gasteiger partial charge in [-0.1, -0.05) is 55.4 Å². The molecule has 6 aromatic rings. The summed E-state index contributed by atoms with van der Waals surface area (Å²) in [5.74, 6) is 1.65. The minimum Gasteiger partial charge on any atom is -0.507 e. The first-order chi connectivity index (χ1) is 28.1. The van der Waals surface area contributed by atoms with Crippen LogP contribution in [0.1, 0.15) is 74.2 Å². The molecular formula is C44H49N9O4S. The Hall–Kier alpha value is -5.60. The van der Waals surface area contributed by atoms with E-state index in [-0.39, 0.29) is 29.5 Å². The molecule has 2 amide bonds. The van der Waals surface area contributed by atoms with E-state index >= 15 is 0 Å². The zero-order valence-corrected chi connectivity index (χ0v) is 34.1. The Morgan fingerprint density at radius 1 is 1.02 bits per heavy atom. The first-order valence-corrected chi connectivity index (χ1v) is 21.2. The number of amides is 2. The van der Waals surface area contributed by atoms with Crippen LogP contribution in [0.25, 0.3) is 32.7 Å². The van der Waals surface area contributed by atoms with Gasteiger partial charge >= 0.3 is 0 Å². The van der Waals surface area contributed by atoms with Crippen LogP contribution < -0.4 is 10.2 Å². The summed E-state index contributed by atoms with van der Waals surface area (Å²) in [6, 6.07) is 20.7. The molecule has 58 heavy (non-hydrogen) atoms. The third kappa shape index (κ3) is 7.35. The Labute approximate surface area is 341 Å². The lowest BCUT2D eigenvalue weighted by atomic mass is 9.90. The fraction of sp³-hybridized carbons (Fsp3) is 0.409. The third-order valence-electron chi connectivity index (χ3n) is 12.1. The number of aryl methyl sites for hydroxylation is 1. The number of nitrogens with one attached hydrogen (secondary N) is 2. The van der Waals surface area contributed by atoms with Crippen molar-refractivity contribution < 1.29 is 19.2 Å². The maximum atomic E-state index is 14.2. The van der Waals surface area contributed by atoms with Gasteiger partial charge < -0.3 is 34.6 Å². The van der Waals surface area contributed by atoms with E-state index in [4.69, 9.17) is 4.52 Å². The van der Waals surface area contributed by atoms with Gasteiger partial charge in [0, 0.05) is 73.8 Å². The smallest absolute Gasteiger partial charge is 0.243 e. The van der Waals surface area contributed by atoms with Gasteiger partial charge in [-0.25, -0.2) is 4.98 Å². The quantitative estimate of drug-likeness (QED) is 0.119. The first-order valence-electron chi connectivity index (χ1n) is 20.3. The number of likely N-dealkylation sites (tertiary alicyclic amines) is 2. The first kappa shape index (κ1) is 37.9. The van der Waals surface area contributed by atoms with E-state index < -0.39 is 12.0 Å². The number of phenolic OH excluding ortho intramolecular Hbond substituents is 1. The summed E-state index contributed by atoms with van der Waals surface area (Å²) < 4.78 is 5.88. The largest absolute Gasteiger partial charge is 0.507 e. The molecular weight excluding hydrogens is 751 g/mol. The molecule has 0 spiro atoms.